The number of nitriles is 1. The summed E-state index contributed by atoms with van der Waals surface area (Å²) in [5.74, 6) is 0.0681. The average molecular weight is 336 g/mol. The number of benzene rings is 2. The first-order valence-corrected chi connectivity index (χ1v) is 9.06. The Kier molecular flexibility index (Phi) is 5.22. The van der Waals surface area contributed by atoms with Crippen molar-refractivity contribution >= 4 is 17.7 Å². The van der Waals surface area contributed by atoms with Crippen molar-refractivity contribution in [1.29, 1.82) is 5.26 Å². The molecule has 1 aliphatic heterocycles. The van der Waals surface area contributed by atoms with Crippen molar-refractivity contribution in [1.82, 2.24) is 4.90 Å². The molecule has 0 unspecified atom stereocenters. The van der Waals surface area contributed by atoms with Crippen LogP contribution >= 0.6 is 11.8 Å². The average Bonchev–Trinajstić information content (AvgIpc) is 2.62. The third-order valence-corrected chi connectivity index (χ3v) is 5.61. The fourth-order valence-electron chi connectivity index (χ4n) is 2.93. The van der Waals surface area contributed by atoms with Gasteiger partial charge in [0.25, 0.3) is 5.91 Å². The number of carbonyl (C=O) groups is 1. The standard InChI is InChI=1S/C20H20N2OS/c1-15-3-2-4-19(13-15)24-18-9-11-22(12-10-18)20(23)17-7-5-16(14-21)6-8-17/h2-8,13,18H,9-12H2,1H3. The van der Waals surface area contributed by atoms with Crippen LogP contribution in [0, 0.1) is 18.3 Å². The van der Waals surface area contributed by atoms with Gasteiger partial charge in [0.2, 0.25) is 0 Å². The lowest BCUT2D eigenvalue weighted by molar-refractivity contribution is 0.0727. The molecular formula is C20H20N2OS. The molecule has 1 heterocycles. The lowest BCUT2D eigenvalue weighted by Gasteiger charge is -2.31. The predicted molar refractivity (Wildman–Crippen MR) is 97.1 cm³/mol. The Labute approximate surface area is 147 Å². The van der Waals surface area contributed by atoms with E-state index >= 15 is 0 Å². The number of piperidine rings is 1. The van der Waals surface area contributed by atoms with E-state index in [4.69, 9.17) is 5.26 Å². The highest BCUT2D eigenvalue weighted by Gasteiger charge is 2.24. The number of aryl methyl sites for hydroxylation is 1. The van der Waals surface area contributed by atoms with Gasteiger partial charge in [-0.15, -0.1) is 11.8 Å². The molecule has 1 fully saturated rings. The maximum Gasteiger partial charge on any atom is 0.253 e. The van der Waals surface area contributed by atoms with Gasteiger partial charge in [-0.2, -0.15) is 5.26 Å². The summed E-state index contributed by atoms with van der Waals surface area (Å²) in [4.78, 5) is 15.8. The highest BCUT2D eigenvalue weighted by molar-refractivity contribution is 8.00. The van der Waals surface area contributed by atoms with E-state index in [2.05, 4.69) is 37.3 Å². The summed E-state index contributed by atoms with van der Waals surface area (Å²) in [6, 6.07) is 17.6. The molecule has 0 saturated carbocycles. The fourth-order valence-corrected chi connectivity index (χ4v) is 4.17. The maximum atomic E-state index is 12.5. The third kappa shape index (κ3) is 3.98. The summed E-state index contributed by atoms with van der Waals surface area (Å²) in [6.45, 7) is 3.70. The van der Waals surface area contributed by atoms with Crippen LogP contribution in [-0.4, -0.2) is 29.1 Å². The first-order valence-electron chi connectivity index (χ1n) is 8.18. The van der Waals surface area contributed by atoms with Crippen molar-refractivity contribution in [2.45, 2.75) is 29.9 Å². The van der Waals surface area contributed by atoms with Crippen LogP contribution in [0.5, 0.6) is 0 Å². The maximum absolute atomic E-state index is 12.5. The molecule has 0 radical (unpaired) electrons. The molecule has 24 heavy (non-hydrogen) atoms. The van der Waals surface area contributed by atoms with Gasteiger partial charge in [-0.1, -0.05) is 17.7 Å². The number of hydrogen-bond acceptors (Lipinski definition) is 3. The summed E-state index contributed by atoms with van der Waals surface area (Å²) in [5.41, 5.74) is 2.53. The van der Waals surface area contributed by atoms with Gasteiger partial charge in [0.1, 0.15) is 0 Å². The zero-order valence-corrected chi connectivity index (χ0v) is 14.6. The van der Waals surface area contributed by atoms with Crippen molar-refractivity contribution in [3.8, 4) is 6.07 Å². The number of amides is 1. The summed E-state index contributed by atoms with van der Waals surface area (Å²) in [6.07, 6.45) is 2.03. The minimum absolute atomic E-state index is 0.0681. The molecule has 3 rings (SSSR count). The molecule has 0 atom stereocenters. The second kappa shape index (κ2) is 7.55. The quantitative estimate of drug-likeness (QED) is 0.841. The minimum atomic E-state index is 0.0681. The Morgan fingerprint density at radius 1 is 1.17 bits per heavy atom. The van der Waals surface area contributed by atoms with Crippen molar-refractivity contribution in [2.24, 2.45) is 0 Å². The Morgan fingerprint density at radius 3 is 2.50 bits per heavy atom. The van der Waals surface area contributed by atoms with Crippen LogP contribution in [0.2, 0.25) is 0 Å². The van der Waals surface area contributed by atoms with Crippen LogP contribution in [0.1, 0.15) is 34.3 Å². The van der Waals surface area contributed by atoms with Gasteiger partial charge < -0.3 is 4.90 Å². The Hall–Kier alpha value is -2.25. The van der Waals surface area contributed by atoms with Crippen molar-refractivity contribution in [3.63, 3.8) is 0 Å². The number of carbonyl (C=O) groups excluding carboxylic acids is 1. The van der Waals surface area contributed by atoms with E-state index in [0.717, 1.165) is 25.9 Å². The van der Waals surface area contributed by atoms with Gasteiger partial charge >= 0.3 is 0 Å². The molecule has 0 bridgehead atoms. The molecule has 1 saturated heterocycles. The van der Waals surface area contributed by atoms with E-state index in [0.29, 0.717) is 16.4 Å². The molecule has 1 amide bonds. The number of likely N-dealkylation sites (tertiary alicyclic amines) is 1. The molecule has 122 valence electrons. The monoisotopic (exact) mass is 336 g/mol. The van der Waals surface area contributed by atoms with Crippen molar-refractivity contribution in [2.75, 3.05) is 13.1 Å². The van der Waals surface area contributed by atoms with E-state index < -0.39 is 0 Å². The van der Waals surface area contributed by atoms with E-state index in [1.165, 1.54) is 10.5 Å². The number of hydrogen-bond donors (Lipinski definition) is 0. The first-order chi connectivity index (χ1) is 11.7. The van der Waals surface area contributed by atoms with E-state index in [-0.39, 0.29) is 5.91 Å². The molecular weight excluding hydrogens is 316 g/mol. The molecule has 0 aliphatic carbocycles. The molecule has 0 aromatic heterocycles. The number of nitrogens with zero attached hydrogens (tertiary/aromatic N) is 2. The normalized spacial score (nSPS) is 15.1. The number of rotatable bonds is 3. The molecule has 3 nitrogen and oxygen atoms in total. The second-order valence-corrected chi connectivity index (χ2v) is 7.49. The molecule has 0 spiro atoms. The fraction of sp³-hybridized carbons (Fsp3) is 0.300. The van der Waals surface area contributed by atoms with Crippen LogP contribution in [0.15, 0.2) is 53.4 Å². The van der Waals surface area contributed by atoms with Gasteiger partial charge in [0, 0.05) is 28.8 Å². The van der Waals surface area contributed by atoms with E-state index in [9.17, 15) is 4.79 Å². The zero-order valence-electron chi connectivity index (χ0n) is 13.7. The summed E-state index contributed by atoms with van der Waals surface area (Å²) in [7, 11) is 0. The second-order valence-electron chi connectivity index (χ2n) is 6.12. The van der Waals surface area contributed by atoms with Crippen LogP contribution in [0.25, 0.3) is 0 Å². The van der Waals surface area contributed by atoms with Crippen molar-refractivity contribution in [3.05, 3.63) is 65.2 Å². The highest BCUT2D eigenvalue weighted by Crippen LogP contribution is 2.31. The molecule has 4 heteroatoms. The van der Waals surface area contributed by atoms with Gasteiger partial charge in [0.15, 0.2) is 0 Å². The molecule has 0 N–H and O–H groups in total. The molecule has 2 aromatic carbocycles. The minimum Gasteiger partial charge on any atom is -0.339 e. The Balaban J connectivity index is 1.56. The SMILES string of the molecule is Cc1cccc(SC2CCN(C(=O)c3ccc(C#N)cc3)CC2)c1. The smallest absolute Gasteiger partial charge is 0.253 e. The Bertz CT molecular complexity index is 756. The summed E-state index contributed by atoms with van der Waals surface area (Å²) >= 11 is 1.92. The third-order valence-electron chi connectivity index (χ3n) is 4.28. The molecule has 2 aromatic rings. The van der Waals surface area contributed by atoms with Crippen LogP contribution in [0.4, 0.5) is 0 Å². The molecule has 1 aliphatic rings. The lowest BCUT2D eigenvalue weighted by atomic mass is 10.1. The Morgan fingerprint density at radius 2 is 1.88 bits per heavy atom. The van der Waals surface area contributed by atoms with E-state index in [1.54, 1.807) is 24.3 Å². The lowest BCUT2D eigenvalue weighted by Crippen LogP contribution is -2.39. The first kappa shape index (κ1) is 16.6. The van der Waals surface area contributed by atoms with Crippen LogP contribution in [0.3, 0.4) is 0 Å². The zero-order chi connectivity index (χ0) is 16.9. The van der Waals surface area contributed by atoms with Crippen LogP contribution < -0.4 is 0 Å². The van der Waals surface area contributed by atoms with E-state index in [1.807, 2.05) is 16.7 Å². The van der Waals surface area contributed by atoms with Gasteiger partial charge in [-0.05, 0) is 56.2 Å². The van der Waals surface area contributed by atoms with Gasteiger partial charge in [-0.3, -0.25) is 4.79 Å². The van der Waals surface area contributed by atoms with Crippen LogP contribution in [-0.2, 0) is 0 Å². The number of thioether (sulfide) groups is 1. The topological polar surface area (TPSA) is 44.1 Å². The summed E-state index contributed by atoms with van der Waals surface area (Å²) in [5, 5.41) is 9.40. The largest absolute Gasteiger partial charge is 0.339 e. The van der Waals surface area contributed by atoms with Gasteiger partial charge in [-0.25, -0.2) is 0 Å². The van der Waals surface area contributed by atoms with Crippen molar-refractivity contribution < 1.29 is 4.79 Å². The summed E-state index contributed by atoms with van der Waals surface area (Å²) < 4.78 is 0. The highest BCUT2D eigenvalue weighted by atomic mass is 32.2. The predicted octanol–water partition coefficient (Wildman–Crippen LogP) is 4.26. The van der Waals surface area contributed by atoms with Gasteiger partial charge in [0.05, 0.1) is 11.6 Å².